The monoisotopic (exact) mass is 126 g/mol. The van der Waals surface area contributed by atoms with E-state index in [1.54, 1.807) is 0 Å². The van der Waals surface area contributed by atoms with Crippen molar-refractivity contribution in [3.63, 3.8) is 0 Å². The average molecular weight is 126 g/mol. The van der Waals surface area contributed by atoms with Crippen LogP contribution in [0.5, 0.6) is 0 Å². The van der Waals surface area contributed by atoms with Gasteiger partial charge in [-0.25, -0.2) is 0 Å². The molecule has 0 fully saturated rings. The van der Waals surface area contributed by atoms with Gasteiger partial charge in [0.1, 0.15) is 0 Å². The SMILES string of the molecule is O=C[O-].[Cl-].[Na+].[Na+]. The Labute approximate surface area is 86.7 Å². The molecule has 0 spiro atoms. The second-order valence-electron chi connectivity index (χ2n) is 0.0962. The molecule has 2 nitrogen and oxygen atoms in total. The van der Waals surface area contributed by atoms with E-state index in [1.807, 2.05) is 0 Å². The van der Waals surface area contributed by atoms with Crippen LogP contribution < -0.4 is 76.6 Å². The van der Waals surface area contributed by atoms with Crippen LogP contribution >= 0.6 is 0 Å². The molecule has 0 saturated carbocycles. The minimum absolute atomic E-state index is 0. The molecule has 0 amide bonds. The van der Waals surface area contributed by atoms with E-state index in [9.17, 15) is 0 Å². The molecular formula is CHClNa2O2. The zero-order chi connectivity index (χ0) is 2.71. The van der Waals surface area contributed by atoms with Gasteiger partial charge in [-0.3, -0.25) is 0 Å². The predicted octanol–water partition coefficient (Wildman–Crippen LogP) is -10.6. The van der Waals surface area contributed by atoms with Crippen LogP contribution in [-0.2, 0) is 4.79 Å². The Morgan fingerprint density at radius 1 is 1.33 bits per heavy atom. The molecule has 0 aromatic rings. The Kier molecular flexibility index (Phi) is 123. The first-order chi connectivity index (χ1) is 1.41. The predicted molar refractivity (Wildman–Crippen MR) is 6.06 cm³/mol. The first-order valence-corrected chi connectivity index (χ1v) is 0.471. The van der Waals surface area contributed by atoms with Gasteiger partial charge in [-0.2, -0.15) is 0 Å². The van der Waals surface area contributed by atoms with Gasteiger partial charge in [0.05, 0.1) is 0 Å². The maximum Gasteiger partial charge on any atom is 1.00 e. The molecule has 0 aliphatic carbocycles. The van der Waals surface area contributed by atoms with Crippen molar-refractivity contribution in [1.29, 1.82) is 0 Å². The van der Waals surface area contributed by atoms with Gasteiger partial charge in [0.15, 0.2) is 0 Å². The summed E-state index contributed by atoms with van der Waals surface area (Å²) in [6.07, 6.45) is 0. The molecule has 0 N–H and O–H groups in total. The smallest absolute Gasteiger partial charge is 1.00 e. The molecule has 5 heteroatoms. The molecule has 0 heterocycles. The first-order valence-electron chi connectivity index (χ1n) is 0.471. The Morgan fingerprint density at radius 3 is 1.33 bits per heavy atom. The number of carbonyl (C=O) groups is 1. The quantitative estimate of drug-likeness (QED) is 0.239. The molecule has 6 heavy (non-hydrogen) atoms. The molecule has 0 unspecified atom stereocenters. The van der Waals surface area contributed by atoms with E-state index < -0.39 is 6.47 Å². The second-order valence-corrected chi connectivity index (χ2v) is 0.0962. The molecule has 26 valence electrons. The van der Waals surface area contributed by atoms with Gasteiger partial charge in [0.25, 0.3) is 0 Å². The third kappa shape index (κ3) is 42.1. The molecular weight excluding hydrogens is 125 g/mol. The summed E-state index contributed by atoms with van der Waals surface area (Å²) in [5, 5.41) is 8.25. The Hall–Kier alpha value is 1.76. The van der Waals surface area contributed by atoms with Crippen LogP contribution in [0.15, 0.2) is 0 Å². The van der Waals surface area contributed by atoms with Crippen molar-refractivity contribution >= 4 is 6.47 Å². The number of halogens is 1. The Bertz CT molecular complexity index is 19.0. The standard InChI is InChI=1S/CH2O2.ClH.2Na/c2-1-3;;;/h1H,(H,2,3);1H;;/q;;2*+1/p-2. The van der Waals surface area contributed by atoms with Gasteiger partial charge in [-0.15, -0.1) is 0 Å². The van der Waals surface area contributed by atoms with E-state index in [1.165, 1.54) is 0 Å². The van der Waals surface area contributed by atoms with Crippen LogP contribution in [0, 0.1) is 0 Å². The summed E-state index contributed by atoms with van der Waals surface area (Å²) in [5.41, 5.74) is 0. The molecule has 0 atom stereocenters. The zero-order valence-corrected chi connectivity index (χ0v) is 8.53. The fourth-order valence-electron chi connectivity index (χ4n) is 0. The normalized spacial score (nSPS) is 2.00. The molecule has 0 saturated heterocycles. The van der Waals surface area contributed by atoms with E-state index >= 15 is 0 Å². The minimum atomic E-state index is -0.500. The largest absolute Gasteiger partial charge is 1.00 e. The Morgan fingerprint density at radius 2 is 1.33 bits per heavy atom. The van der Waals surface area contributed by atoms with Gasteiger partial charge in [0.2, 0.25) is 0 Å². The van der Waals surface area contributed by atoms with Crippen LogP contribution in [0.2, 0.25) is 0 Å². The van der Waals surface area contributed by atoms with Crippen molar-refractivity contribution < 1.29 is 81.4 Å². The Balaban J connectivity index is -0.00000000667. The summed E-state index contributed by atoms with van der Waals surface area (Å²) in [4.78, 5) is 8.25. The minimum Gasteiger partial charge on any atom is -1.00 e. The molecule has 0 radical (unpaired) electrons. The fourth-order valence-corrected chi connectivity index (χ4v) is 0. The molecule has 0 bridgehead atoms. The summed E-state index contributed by atoms with van der Waals surface area (Å²) in [5.74, 6) is 0. The number of carbonyl (C=O) groups excluding carboxylic acids is 1. The van der Waals surface area contributed by atoms with E-state index in [2.05, 4.69) is 0 Å². The fraction of sp³-hybridized carbons (Fsp3) is 0. The van der Waals surface area contributed by atoms with E-state index in [0.717, 1.165) is 0 Å². The van der Waals surface area contributed by atoms with Crippen LogP contribution in [-0.4, -0.2) is 6.47 Å². The zero-order valence-electron chi connectivity index (χ0n) is 3.77. The van der Waals surface area contributed by atoms with Crippen molar-refractivity contribution in [2.24, 2.45) is 0 Å². The average Bonchev–Trinajstić information content (AvgIpc) is 0.918. The number of hydrogen-bond acceptors (Lipinski definition) is 2. The second kappa shape index (κ2) is 29.4. The van der Waals surface area contributed by atoms with Gasteiger partial charge in [-0.05, 0) is 0 Å². The van der Waals surface area contributed by atoms with Crippen LogP contribution in [0.1, 0.15) is 0 Å². The topological polar surface area (TPSA) is 40.1 Å². The number of rotatable bonds is 0. The molecule has 0 aromatic heterocycles. The van der Waals surface area contributed by atoms with E-state index in [4.69, 9.17) is 9.90 Å². The van der Waals surface area contributed by atoms with Gasteiger partial charge < -0.3 is 22.3 Å². The van der Waals surface area contributed by atoms with Crippen molar-refractivity contribution in [1.82, 2.24) is 0 Å². The van der Waals surface area contributed by atoms with Gasteiger partial charge in [0, 0.05) is 6.47 Å². The van der Waals surface area contributed by atoms with Crippen LogP contribution in [0.4, 0.5) is 0 Å². The number of carboxylic acid groups (broad SMARTS) is 1. The van der Waals surface area contributed by atoms with E-state index in [0.29, 0.717) is 0 Å². The molecule has 0 rings (SSSR count). The van der Waals surface area contributed by atoms with Crippen molar-refractivity contribution in [2.75, 3.05) is 0 Å². The summed E-state index contributed by atoms with van der Waals surface area (Å²) < 4.78 is 0. The summed E-state index contributed by atoms with van der Waals surface area (Å²) in [6, 6.07) is 0. The molecule has 0 aromatic carbocycles. The van der Waals surface area contributed by atoms with Crippen molar-refractivity contribution in [2.45, 2.75) is 0 Å². The van der Waals surface area contributed by atoms with Crippen LogP contribution in [0.3, 0.4) is 0 Å². The van der Waals surface area contributed by atoms with Gasteiger partial charge >= 0.3 is 59.1 Å². The van der Waals surface area contributed by atoms with Gasteiger partial charge in [-0.1, -0.05) is 0 Å². The van der Waals surface area contributed by atoms with Crippen molar-refractivity contribution in [3.05, 3.63) is 0 Å². The summed E-state index contributed by atoms with van der Waals surface area (Å²) in [7, 11) is 0. The third-order valence-corrected chi connectivity index (χ3v) is 0. The number of hydrogen-bond donors (Lipinski definition) is 0. The maximum absolute atomic E-state index is 8.25. The van der Waals surface area contributed by atoms with Crippen molar-refractivity contribution in [3.8, 4) is 0 Å². The first kappa shape index (κ1) is 25.1. The molecule has 0 aliphatic rings. The van der Waals surface area contributed by atoms with Crippen LogP contribution in [0.25, 0.3) is 0 Å². The van der Waals surface area contributed by atoms with E-state index in [-0.39, 0.29) is 71.5 Å². The maximum atomic E-state index is 8.25. The summed E-state index contributed by atoms with van der Waals surface area (Å²) in [6.45, 7) is -0.500. The third-order valence-electron chi connectivity index (χ3n) is 0. The summed E-state index contributed by atoms with van der Waals surface area (Å²) >= 11 is 0. The molecule has 0 aliphatic heterocycles.